The maximum Gasteiger partial charge on any atom is 0.416 e. The van der Waals surface area contributed by atoms with Gasteiger partial charge in [0.05, 0.1) is 15.6 Å². The summed E-state index contributed by atoms with van der Waals surface area (Å²) in [5.74, 6) is -0.0337. The van der Waals surface area contributed by atoms with E-state index in [-0.39, 0.29) is 32.7 Å². The zero-order valence-electron chi connectivity index (χ0n) is 18.5. The lowest BCUT2D eigenvalue weighted by atomic mass is 10.0. The Morgan fingerprint density at radius 1 is 1.14 bits per heavy atom. The third-order valence-corrected chi connectivity index (χ3v) is 6.38. The molecule has 2 aromatic carbocycles. The molecule has 1 aromatic heterocycles. The summed E-state index contributed by atoms with van der Waals surface area (Å²) in [4.78, 5) is 14.2. The predicted octanol–water partition coefficient (Wildman–Crippen LogP) is 7.04. The van der Waals surface area contributed by atoms with E-state index >= 15 is 0 Å². The van der Waals surface area contributed by atoms with Crippen molar-refractivity contribution >= 4 is 35.8 Å². The van der Waals surface area contributed by atoms with Crippen molar-refractivity contribution in [2.24, 2.45) is 0 Å². The van der Waals surface area contributed by atoms with Crippen LogP contribution in [0.5, 0.6) is 0 Å². The molecule has 0 saturated heterocycles. The van der Waals surface area contributed by atoms with E-state index in [1.54, 1.807) is 4.90 Å². The summed E-state index contributed by atoms with van der Waals surface area (Å²) in [7, 11) is 0. The smallest absolute Gasteiger partial charge is 0.416 e. The number of carbonyl (C=O) groups is 1. The highest BCUT2D eigenvalue weighted by molar-refractivity contribution is 7.84. The lowest BCUT2D eigenvalue weighted by Gasteiger charge is -2.36. The van der Waals surface area contributed by atoms with Crippen LogP contribution in [0, 0.1) is 11.3 Å². The van der Waals surface area contributed by atoms with Gasteiger partial charge in [-0.25, -0.2) is 0 Å². The lowest BCUT2D eigenvalue weighted by molar-refractivity contribution is -0.137. The van der Waals surface area contributed by atoms with Gasteiger partial charge in [0.25, 0.3) is 5.91 Å². The van der Waals surface area contributed by atoms with E-state index in [9.17, 15) is 23.2 Å². The van der Waals surface area contributed by atoms with Crippen LogP contribution in [0.25, 0.3) is 11.3 Å². The Morgan fingerprint density at radius 3 is 2.43 bits per heavy atom. The SMILES string of the molecule is CC(C)c1ccc(N2C(S)=C(C#N)C(=O)NC2c2ccc(-c3cc(C(F)(F)F)ccc3Cl)o2)cc1. The maximum atomic E-state index is 13.2. The van der Waals surface area contributed by atoms with Crippen LogP contribution in [0.15, 0.2) is 69.6 Å². The Morgan fingerprint density at radius 2 is 1.83 bits per heavy atom. The molecule has 0 spiro atoms. The highest BCUT2D eigenvalue weighted by Gasteiger charge is 2.36. The highest BCUT2D eigenvalue weighted by atomic mass is 35.5. The third-order valence-electron chi connectivity index (χ3n) is 5.61. The van der Waals surface area contributed by atoms with Gasteiger partial charge in [-0.05, 0) is 53.9 Å². The van der Waals surface area contributed by atoms with E-state index in [0.29, 0.717) is 11.6 Å². The summed E-state index contributed by atoms with van der Waals surface area (Å²) >= 11 is 10.6. The van der Waals surface area contributed by atoms with Gasteiger partial charge in [0.2, 0.25) is 0 Å². The molecule has 0 bridgehead atoms. The molecule has 0 fully saturated rings. The molecule has 2 heterocycles. The highest BCUT2D eigenvalue weighted by Crippen LogP contribution is 2.40. The number of anilines is 1. The van der Waals surface area contributed by atoms with Gasteiger partial charge in [-0.2, -0.15) is 18.4 Å². The number of thiol groups is 1. The standard InChI is InChI=1S/C25H19ClF3N3O2S/c1-13(2)14-3-6-16(7-4-14)32-22(31-23(33)18(12-30)24(32)35)21-10-9-20(34-21)17-11-15(25(27,28)29)5-8-19(17)26/h3-11,13,22,35H,1-2H3,(H,31,33). The molecule has 1 unspecified atom stereocenters. The van der Waals surface area contributed by atoms with Crippen LogP contribution in [0.2, 0.25) is 5.02 Å². The summed E-state index contributed by atoms with van der Waals surface area (Å²) in [6, 6.07) is 15.3. The van der Waals surface area contributed by atoms with E-state index in [0.717, 1.165) is 23.8 Å². The molecule has 1 atom stereocenters. The zero-order valence-corrected chi connectivity index (χ0v) is 20.2. The van der Waals surface area contributed by atoms with Gasteiger partial charge in [0.1, 0.15) is 23.2 Å². The van der Waals surface area contributed by atoms with E-state index in [4.69, 9.17) is 16.0 Å². The van der Waals surface area contributed by atoms with E-state index in [1.807, 2.05) is 30.3 Å². The molecule has 1 aliphatic rings. The topological polar surface area (TPSA) is 69.3 Å². The average Bonchev–Trinajstić information content (AvgIpc) is 3.28. The molecule has 35 heavy (non-hydrogen) atoms. The van der Waals surface area contributed by atoms with Crippen molar-refractivity contribution in [2.45, 2.75) is 32.1 Å². The Bertz CT molecular complexity index is 1360. The van der Waals surface area contributed by atoms with Crippen LogP contribution in [-0.2, 0) is 11.0 Å². The number of nitriles is 1. The third kappa shape index (κ3) is 4.77. The average molecular weight is 518 g/mol. The number of nitrogens with one attached hydrogen (secondary N) is 1. The second-order valence-electron chi connectivity index (χ2n) is 8.20. The van der Waals surface area contributed by atoms with Gasteiger partial charge in [-0.15, -0.1) is 12.6 Å². The summed E-state index contributed by atoms with van der Waals surface area (Å²) < 4.78 is 45.5. The number of rotatable bonds is 4. The molecular formula is C25H19ClF3N3O2S. The fraction of sp³-hybridized carbons (Fsp3) is 0.200. The minimum Gasteiger partial charge on any atom is -0.457 e. The van der Waals surface area contributed by atoms with E-state index in [2.05, 4.69) is 31.8 Å². The monoisotopic (exact) mass is 517 g/mol. The molecule has 0 aliphatic carbocycles. The summed E-state index contributed by atoms with van der Waals surface area (Å²) in [5.41, 5.74) is 0.738. The number of hydrogen-bond donors (Lipinski definition) is 2. The molecule has 1 aliphatic heterocycles. The first-order chi connectivity index (χ1) is 16.5. The lowest BCUT2D eigenvalue weighted by Crippen LogP contribution is -2.45. The Kier molecular flexibility index (Phi) is 6.62. The van der Waals surface area contributed by atoms with E-state index < -0.39 is 23.8 Å². The van der Waals surface area contributed by atoms with Crippen molar-refractivity contribution in [1.29, 1.82) is 5.26 Å². The minimum atomic E-state index is -4.55. The van der Waals surface area contributed by atoms with Crippen LogP contribution >= 0.6 is 24.2 Å². The second-order valence-corrected chi connectivity index (χ2v) is 9.03. The van der Waals surface area contributed by atoms with Gasteiger partial charge in [-0.3, -0.25) is 4.79 Å². The Labute approximate surface area is 210 Å². The first-order valence-electron chi connectivity index (χ1n) is 10.5. The number of benzene rings is 2. The Hall–Kier alpha value is -3.35. The fourth-order valence-electron chi connectivity index (χ4n) is 3.73. The molecule has 10 heteroatoms. The predicted molar refractivity (Wildman–Crippen MR) is 130 cm³/mol. The van der Waals surface area contributed by atoms with Gasteiger partial charge < -0.3 is 14.6 Å². The van der Waals surface area contributed by atoms with Crippen molar-refractivity contribution in [2.75, 3.05) is 4.90 Å². The quantitative estimate of drug-likeness (QED) is 0.364. The van der Waals surface area contributed by atoms with Crippen molar-refractivity contribution < 1.29 is 22.4 Å². The molecule has 5 nitrogen and oxygen atoms in total. The number of amides is 1. The fourth-order valence-corrected chi connectivity index (χ4v) is 4.32. The molecule has 1 amide bonds. The second kappa shape index (κ2) is 9.36. The van der Waals surface area contributed by atoms with Crippen LogP contribution in [0.3, 0.4) is 0 Å². The molecule has 180 valence electrons. The minimum absolute atomic E-state index is 0.0575. The molecule has 0 saturated carbocycles. The van der Waals surface area contributed by atoms with Gasteiger partial charge in [0.15, 0.2) is 6.17 Å². The molecule has 3 aromatic rings. The maximum absolute atomic E-state index is 13.2. The zero-order chi connectivity index (χ0) is 25.5. The van der Waals surface area contributed by atoms with Crippen LogP contribution in [0.4, 0.5) is 18.9 Å². The molecular weight excluding hydrogens is 499 g/mol. The van der Waals surface area contributed by atoms with Crippen molar-refractivity contribution in [3.05, 3.63) is 87.1 Å². The van der Waals surface area contributed by atoms with Crippen LogP contribution in [0.1, 0.15) is 42.8 Å². The molecule has 1 N–H and O–H groups in total. The number of halogens is 4. The van der Waals surface area contributed by atoms with Gasteiger partial charge in [-0.1, -0.05) is 37.6 Å². The van der Waals surface area contributed by atoms with Crippen molar-refractivity contribution in [3.63, 3.8) is 0 Å². The first-order valence-corrected chi connectivity index (χ1v) is 11.3. The van der Waals surface area contributed by atoms with Crippen molar-refractivity contribution in [3.8, 4) is 17.4 Å². The van der Waals surface area contributed by atoms with E-state index in [1.165, 1.54) is 12.1 Å². The van der Waals surface area contributed by atoms with Crippen LogP contribution < -0.4 is 10.2 Å². The molecule has 4 rings (SSSR count). The number of hydrogen-bond acceptors (Lipinski definition) is 5. The van der Waals surface area contributed by atoms with Crippen molar-refractivity contribution in [1.82, 2.24) is 5.32 Å². The summed E-state index contributed by atoms with van der Waals surface area (Å²) in [5, 5.41) is 12.4. The van der Waals surface area contributed by atoms with Crippen LogP contribution in [-0.4, -0.2) is 5.91 Å². The number of furan rings is 1. The first kappa shape index (κ1) is 24.8. The Balaban J connectivity index is 1.78. The number of carbonyl (C=O) groups excluding carboxylic acids is 1. The molecule has 0 radical (unpaired) electrons. The summed E-state index contributed by atoms with van der Waals surface area (Å²) in [6.07, 6.45) is -5.46. The number of alkyl halides is 3. The van der Waals surface area contributed by atoms with Gasteiger partial charge >= 0.3 is 6.18 Å². The summed E-state index contributed by atoms with van der Waals surface area (Å²) in [6.45, 7) is 4.11. The largest absolute Gasteiger partial charge is 0.457 e. The normalized spacial score (nSPS) is 16.5. The number of nitrogens with zero attached hydrogens (tertiary/aromatic N) is 2. The van der Waals surface area contributed by atoms with Gasteiger partial charge in [0, 0.05) is 11.3 Å².